The summed E-state index contributed by atoms with van der Waals surface area (Å²) in [4.78, 5) is 12.0. The lowest BCUT2D eigenvalue weighted by Crippen LogP contribution is -2.42. The van der Waals surface area contributed by atoms with Gasteiger partial charge in [0.05, 0.1) is 0 Å². The van der Waals surface area contributed by atoms with Crippen molar-refractivity contribution in [1.82, 2.24) is 5.32 Å². The highest BCUT2D eigenvalue weighted by Crippen LogP contribution is 2.24. The van der Waals surface area contributed by atoms with E-state index >= 15 is 0 Å². The lowest BCUT2D eigenvalue weighted by molar-refractivity contribution is -0.127. The third-order valence-corrected chi connectivity index (χ3v) is 3.75. The van der Waals surface area contributed by atoms with Gasteiger partial charge in [0.1, 0.15) is 0 Å². The standard InChI is InChI=1S/C13H24ClNO/c1-10(2)12(8-9-14)15-13(16)11-6-4-3-5-7-11/h10-12H,3-9H2,1-2H3,(H,15,16). The van der Waals surface area contributed by atoms with E-state index in [2.05, 4.69) is 19.2 Å². The molecule has 0 bridgehead atoms. The molecule has 1 N–H and O–H groups in total. The number of carbonyl (C=O) groups excluding carboxylic acids is 1. The molecule has 0 heterocycles. The van der Waals surface area contributed by atoms with Gasteiger partial charge >= 0.3 is 0 Å². The lowest BCUT2D eigenvalue weighted by atomic mass is 9.88. The second kappa shape index (κ2) is 7.16. The summed E-state index contributed by atoms with van der Waals surface area (Å²) >= 11 is 5.76. The van der Waals surface area contributed by atoms with E-state index in [1.54, 1.807) is 0 Å². The summed E-state index contributed by atoms with van der Waals surface area (Å²) < 4.78 is 0. The van der Waals surface area contributed by atoms with Gasteiger partial charge in [-0.05, 0) is 25.2 Å². The van der Waals surface area contributed by atoms with Crippen molar-refractivity contribution < 1.29 is 4.79 Å². The van der Waals surface area contributed by atoms with E-state index < -0.39 is 0 Å². The molecule has 1 atom stereocenters. The monoisotopic (exact) mass is 245 g/mol. The Bertz CT molecular complexity index is 212. The molecule has 0 aromatic rings. The van der Waals surface area contributed by atoms with Crippen LogP contribution in [0.1, 0.15) is 52.4 Å². The van der Waals surface area contributed by atoms with Crippen LogP contribution in [0.4, 0.5) is 0 Å². The number of nitrogens with one attached hydrogen (secondary N) is 1. The molecule has 0 spiro atoms. The molecule has 0 aromatic heterocycles. The number of hydrogen-bond acceptors (Lipinski definition) is 1. The Morgan fingerprint density at radius 3 is 2.44 bits per heavy atom. The zero-order chi connectivity index (χ0) is 12.0. The molecule has 1 saturated carbocycles. The first-order valence-electron chi connectivity index (χ1n) is 6.51. The highest BCUT2D eigenvalue weighted by atomic mass is 35.5. The Labute approximate surface area is 104 Å². The summed E-state index contributed by atoms with van der Waals surface area (Å²) in [5.74, 6) is 1.59. The van der Waals surface area contributed by atoms with E-state index in [1.807, 2.05) is 0 Å². The zero-order valence-corrected chi connectivity index (χ0v) is 11.2. The number of alkyl halides is 1. The number of carbonyl (C=O) groups is 1. The van der Waals surface area contributed by atoms with Crippen molar-refractivity contribution in [2.24, 2.45) is 11.8 Å². The fraction of sp³-hybridized carbons (Fsp3) is 0.923. The number of halogens is 1. The normalized spacial score (nSPS) is 19.8. The maximum Gasteiger partial charge on any atom is 0.223 e. The van der Waals surface area contributed by atoms with Crippen LogP contribution in [-0.2, 0) is 4.79 Å². The summed E-state index contributed by atoms with van der Waals surface area (Å²) in [6.45, 7) is 4.27. The van der Waals surface area contributed by atoms with Crippen molar-refractivity contribution in [1.29, 1.82) is 0 Å². The summed E-state index contributed by atoms with van der Waals surface area (Å²) in [7, 11) is 0. The van der Waals surface area contributed by atoms with Crippen LogP contribution < -0.4 is 5.32 Å². The Morgan fingerprint density at radius 1 is 1.31 bits per heavy atom. The predicted octanol–water partition coefficient (Wildman–Crippen LogP) is 3.34. The highest BCUT2D eigenvalue weighted by molar-refractivity contribution is 6.17. The summed E-state index contributed by atoms with van der Waals surface area (Å²) in [5.41, 5.74) is 0. The molecule has 16 heavy (non-hydrogen) atoms. The van der Waals surface area contributed by atoms with Gasteiger partial charge in [0, 0.05) is 17.8 Å². The average molecular weight is 246 g/mol. The van der Waals surface area contributed by atoms with E-state index in [9.17, 15) is 4.79 Å². The quantitative estimate of drug-likeness (QED) is 0.740. The third-order valence-electron chi connectivity index (χ3n) is 3.53. The van der Waals surface area contributed by atoms with E-state index in [-0.39, 0.29) is 17.9 Å². The number of amides is 1. The molecule has 1 aliphatic rings. The van der Waals surface area contributed by atoms with Crippen LogP contribution in [0.15, 0.2) is 0 Å². The molecule has 1 rings (SSSR count). The van der Waals surface area contributed by atoms with Gasteiger partial charge in [0.15, 0.2) is 0 Å². The van der Waals surface area contributed by atoms with E-state index in [0.29, 0.717) is 11.8 Å². The van der Waals surface area contributed by atoms with Crippen LogP contribution >= 0.6 is 11.6 Å². The SMILES string of the molecule is CC(C)C(CCCl)NC(=O)C1CCCCC1. The summed E-state index contributed by atoms with van der Waals surface area (Å²) in [6, 6.07) is 0.243. The van der Waals surface area contributed by atoms with Crippen LogP contribution in [0.25, 0.3) is 0 Å². The first-order chi connectivity index (χ1) is 7.65. The average Bonchev–Trinajstić information content (AvgIpc) is 2.29. The van der Waals surface area contributed by atoms with Crippen LogP contribution in [0, 0.1) is 11.8 Å². The molecule has 0 aromatic carbocycles. The van der Waals surface area contributed by atoms with Gasteiger partial charge in [0.25, 0.3) is 0 Å². The van der Waals surface area contributed by atoms with Crippen molar-refractivity contribution in [2.45, 2.75) is 58.4 Å². The predicted molar refractivity (Wildman–Crippen MR) is 68.7 cm³/mol. The molecule has 1 amide bonds. The molecule has 2 nitrogen and oxygen atoms in total. The fourth-order valence-electron chi connectivity index (χ4n) is 2.36. The highest BCUT2D eigenvalue weighted by Gasteiger charge is 2.24. The Morgan fingerprint density at radius 2 is 1.94 bits per heavy atom. The molecule has 94 valence electrons. The van der Waals surface area contributed by atoms with Gasteiger partial charge in [0.2, 0.25) is 5.91 Å². The topological polar surface area (TPSA) is 29.1 Å². The van der Waals surface area contributed by atoms with Crippen molar-refractivity contribution in [2.75, 3.05) is 5.88 Å². The van der Waals surface area contributed by atoms with Gasteiger partial charge in [-0.2, -0.15) is 0 Å². The smallest absolute Gasteiger partial charge is 0.223 e. The number of hydrogen-bond donors (Lipinski definition) is 1. The van der Waals surface area contributed by atoms with Crippen LogP contribution in [-0.4, -0.2) is 17.8 Å². The van der Waals surface area contributed by atoms with Crippen molar-refractivity contribution in [3.8, 4) is 0 Å². The Hall–Kier alpha value is -0.240. The van der Waals surface area contributed by atoms with Crippen LogP contribution in [0.2, 0.25) is 0 Å². The first kappa shape index (κ1) is 13.8. The second-order valence-corrected chi connectivity index (χ2v) is 5.55. The van der Waals surface area contributed by atoms with Crippen molar-refractivity contribution in [3.05, 3.63) is 0 Å². The van der Waals surface area contributed by atoms with Gasteiger partial charge in [-0.1, -0.05) is 33.1 Å². The Balaban J connectivity index is 2.40. The minimum Gasteiger partial charge on any atom is -0.353 e. The lowest BCUT2D eigenvalue weighted by Gasteiger charge is -2.26. The molecule has 0 aliphatic heterocycles. The molecule has 1 aliphatic carbocycles. The summed E-state index contributed by atoms with van der Waals surface area (Å²) in [5, 5.41) is 3.16. The zero-order valence-electron chi connectivity index (χ0n) is 10.5. The van der Waals surface area contributed by atoms with Crippen LogP contribution in [0.5, 0.6) is 0 Å². The molecular formula is C13H24ClNO. The van der Waals surface area contributed by atoms with Gasteiger partial charge in [-0.25, -0.2) is 0 Å². The van der Waals surface area contributed by atoms with Crippen LogP contribution in [0.3, 0.4) is 0 Å². The molecular weight excluding hydrogens is 222 g/mol. The van der Waals surface area contributed by atoms with Crippen molar-refractivity contribution >= 4 is 17.5 Å². The van der Waals surface area contributed by atoms with E-state index in [4.69, 9.17) is 11.6 Å². The minimum atomic E-state index is 0.243. The van der Waals surface area contributed by atoms with Gasteiger partial charge < -0.3 is 5.32 Å². The molecule has 3 heteroatoms. The molecule has 1 unspecified atom stereocenters. The summed E-state index contributed by atoms with van der Waals surface area (Å²) in [6.07, 6.45) is 6.71. The largest absolute Gasteiger partial charge is 0.353 e. The van der Waals surface area contributed by atoms with Gasteiger partial charge in [-0.3, -0.25) is 4.79 Å². The van der Waals surface area contributed by atoms with Gasteiger partial charge in [-0.15, -0.1) is 11.6 Å². The van der Waals surface area contributed by atoms with E-state index in [0.717, 1.165) is 19.3 Å². The number of rotatable bonds is 5. The minimum absolute atomic E-state index is 0.243. The molecule has 1 fully saturated rings. The first-order valence-corrected chi connectivity index (χ1v) is 7.05. The fourth-order valence-corrected chi connectivity index (χ4v) is 2.59. The molecule has 0 radical (unpaired) electrons. The maximum atomic E-state index is 12.0. The van der Waals surface area contributed by atoms with Crippen molar-refractivity contribution in [3.63, 3.8) is 0 Å². The molecule has 0 saturated heterocycles. The maximum absolute atomic E-state index is 12.0. The second-order valence-electron chi connectivity index (χ2n) is 5.17. The third kappa shape index (κ3) is 4.32. The Kier molecular flexibility index (Phi) is 6.18. The van der Waals surface area contributed by atoms with E-state index in [1.165, 1.54) is 19.3 Å².